The van der Waals surface area contributed by atoms with Gasteiger partial charge in [-0.3, -0.25) is 9.88 Å². The Hall–Kier alpha value is -3.26. The molecule has 1 aromatic heterocycles. The normalized spacial score (nSPS) is 21.9. The third-order valence-electron chi connectivity index (χ3n) is 7.13. The zero-order valence-electron chi connectivity index (χ0n) is 20.4. The van der Waals surface area contributed by atoms with Gasteiger partial charge in [-0.1, -0.05) is 30.3 Å². The molecule has 3 heterocycles. The molecule has 35 heavy (non-hydrogen) atoms. The van der Waals surface area contributed by atoms with Crippen LogP contribution in [0.4, 0.5) is 15.0 Å². The largest absolute Gasteiger partial charge is 0.351 e. The van der Waals surface area contributed by atoms with Crippen LogP contribution in [0.5, 0.6) is 0 Å². The molecule has 0 radical (unpaired) electrons. The van der Waals surface area contributed by atoms with Gasteiger partial charge in [0.1, 0.15) is 11.6 Å². The van der Waals surface area contributed by atoms with Gasteiger partial charge in [0.2, 0.25) is 0 Å². The molecule has 2 aliphatic rings. The van der Waals surface area contributed by atoms with E-state index in [4.69, 9.17) is 0 Å². The van der Waals surface area contributed by atoms with E-state index in [1.807, 2.05) is 11.0 Å². The average molecular weight is 477 g/mol. The van der Waals surface area contributed by atoms with E-state index in [0.717, 1.165) is 38.3 Å². The molecule has 2 fully saturated rings. The lowest BCUT2D eigenvalue weighted by Gasteiger charge is -2.45. The van der Waals surface area contributed by atoms with Gasteiger partial charge in [-0.25, -0.2) is 14.2 Å². The summed E-state index contributed by atoms with van der Waals surface area (Å²) in [6.07, 6.45) is 3.63. The third-order valence-corrected chi connectivity index (χ3v) is 7.13. The summed E-state index contributed by atoms with van der Waals surface area (Å²) in [7, 11) is 0. The topological polar surface area (TPSA) is 64.6 Å². The first-order valence-corrected chi connectivity index (χ1v) is 12.5. The molecule has 0 bridgehead atoms. The van der Waals surface area contributed by atoms with E-state index in [1.54, 1.807) is 12.3 Å². The Kier molecular flexibility index (Phi) is 6.81. The number of rotatable bonds is 4. The predicted octanol–water partition coefficient (Wildman–Crippen LogP) is 4.04. The van der Waals surface area contributed by atoms with Crippen LogP contribution in [0.15, 0.2) is 54.7 Å². The van der Waals surface area contributed by atoms with E-state index in [0.29, 0.717) is 24.1 Å². The van der Waals surface area contributed by atoms with Crippen molar-refractivity contribution in [2.24, 2.45) is 0 Å². The van der Waals surface area contributed by atoms with E-state index in [1.165, 1.54) is 17.7 Å². The van der Waals surface area contributed by atoms with Crippen molar-refractivity contribution in [2.45, 2.75) is 51.4 Å². The maximum absolute atomic E-state index is 13.5. The number of aromatic nitrogens is 2. The molecule has 5 rings (SSSR count). The molecular formula is C27H33FN6O. The van der Waals surface area contributed by atoms with Crippen LogP contribution < -0.4 is 10.2 Å². The van der Waals surface area contributed by atoms with E-state index in [9.17, 15) is 9.18 Å². The highest BCUT2D eigenvalue weighted by molar-refractivity contribution is 5.77. The number of hydrogen-bond acceptors (Lipinski definition) is 5. The fourth-order valence-electron chi connectivity index (χ4n) is 5.36. The highest BCUT2D eigenvalue weighted by Crippen LogP contribution is 2.23. The standard InChI is InChI=1S/C27H33FN6O/c1-19-16-33(26-15-29-25-14-22(28)8-9-24(25)31-26)17-20(2)34(19)27(35)30-23-10-12-32(13-11-23)18-21-6-4-3-5-7-21/h3-9,14-15,19-20,23H,10-13,16-18H2,1-2H3,(H,30,35)/t19-,20+. The summed E-state index contributed by atoms with van der Waals surface area (Å²) in [6.45, 7) is 8.45. The van der Waals surface area contributed by atoms with Crippen LogP contribution in [0.1, 0.15) is 32.3 Å². The van der Waals surface area contributed by atoms with E-state index < -0.39 is 0 Å². The SMILES string of the molecule is C[C@@H]1CN(c2cnc3cc(F)ccc3n2)C[C@H](C)N1C(=O)NC1CCN(Cc2ccccc2)CC1. The van der Waals surface area contributed by atoms with Gasteiger partial charge in [0.15, 0.2) is 0 Å². The Morgan fingerprint density at radius 3 is 2.46 bits per heavy atom. The molecule has 2 aromatic carbocycles. The zero-order valence-corrected chi connectivity index (χ0v) is 20.4. The molecule has 2 amide bonds. The Morgan fingerprint density at radius 1 is 1.03 bits per heavy atom. The molecule has 0 unspecified atom stereocenters. The third kappa shape index (κ3) is 5.37. The fourth-order valence-corrected chi connectivity index (χ4v) is 5.36. The minimum atomic E-state index is -0.316. The summed E-state index contributed by atoms with van der Waals surface area (Å²) in [5.41, 5.74) is 2.55. The Balaban J connectivity index is 1.15. The van der Waals surface area contributed by atoms with Crippen molar-refractivity contribution < 1.29 is 9.18 Å². The van der Waals surface area contributed by atoms with Crippen LogP contribution in [0.25, 0.3) is 11.0 Å². The van der Waals surface area contributed by atoms with E-state index in [2.05, 4.69) is 63.2 Å². The Bertz CT molecular complexity index is 1150. The number of piperidine rings is 1. The van der Waals surface area contributed by atoms with Crippen molar-refractivity contribution in [1.82, 2.24) is 25.1 Å². The summed E-state index contributed by atoms with van der Waals surface area (Å²) in [6, 6.07) is 15.3. The van der Waals surface area contributed by atoms with Gasteiger partial charge in [-0.05, 0) is 44.4 Å². The number of piperazine rings is 1. The second-order valence-electron chi connectivity index (χ2n) is 9.86. The van der Waals surface area contributed by atoms with Gasteiger partial charge >= 0.3 is 6.03 Å². The fraction of sp³-hybridized carbons (Fsp3) is 0.444. The van der Waals surface area contributed by atoms with Crippen LogP contribution >= 0.6 is 0 Å². The first kappa shape index (κ1) is 23.5. The molecule has 7 nitrogen and oxygen atoms in total. The van der Waals surface area contributed by atoms with Crippen LogP contribution in [-0.2, 0) is 6.54 Å². The van der Waals surface area contributed by atoms with Gasteiger partial charge in [-0.15, -0.1) is 0 Å². The molecule has 2 saturated heterocycles. The molecule has 2 atom stereocenters. The highest BCUT2D eigenvalue weighted by Gasteiger charge is 2.34. The summed E-state index contributed by atoms with van der Waals surface area (Å²) < 4.78 is 13.5. The summed E-state index contributed by atoms with van der Waals surface area (Å²) in [5.74, 6) is 0.442. The highest BCUT2D eigenvalue weighted by atomic mass is 19.1. The number of halogens is 1. The summed E-state index contributed by atoms with van der Waals surface area (Å²) in [5, 5.41) is 3.30. The number of likely N-dealkylation sites (tertiary alicyclic amines) is 1. The molecule has 0 saturated carbocycles. The van der Waals surface area contributed by atoms with Crippen molar-refractivity contribution in [3.05, 3.63) is 66.1 Å². The van der Waals surface area contributed by atoms with Crippen LogP contribution in [0.3, 0.4) is 0 Å². The Morgan fingerprint density at radius 2 is 1.74 bits per heavy atom. The average Bonchev–Trinajstić information content (AvgIpc) is 2.85. The van der Waals surface area contributed by atoms with E-state index >= 15 is 0 Å². The minimum Gasteiger partial charge on any atom is -0.351 e. The molecule has 184 valence electrons. The van der Waals surface area contributed by atoms with Gasteiger partial charge in [-0.2, -0.15) is 0 Å². The maximum Gasteiger partial charge on any atom is 0.318 e. The molecular weight excluding hydrogens is 443 g/mol. The molecule has 2 aliphatic heterocycles. The number of nitrogens with one attached hydrogen (secondary N) is 1. The van der Waals surface area contributed by atoms with Crippen molar-refractivity contribution in [3.63, 3.8) is 0 Å². The number of fused-ring (bicyclic) bond motifs is 1. The summed E-state index contributed by atoms with van der Waals surface area (Å²) in [4.78, 5) is 28.9. The van der Waals surface area contributed by atoms with Gasteiger partial charge < -0.3 is 15.1 Å². The number of carbonyl (C=O) groups excluding carboxylic acids is 1. The van der Waals surface area contributed by atoms with Gasteiger partial charge in [0, 0.05) is 56.9 Å². The summed E-state index contributed by atoms with van der Waals surface area (Å²) >= 11 is 0. The Labute approximate surface area is 205 Å². The zero-order chi connectivity index (χ0) is 24.4. The predicted molar refractivity (Wildman–Crippen MR) is 136 cm³/mol. The van der Waals surface area contributed by atoms with Crippen molar-refractivity contribution in [2.75, 3.05) is 31.1 Å². The number of hydrogen-bond donors (Lipinski definition) is 1. The second kappa shape index (κ2) is 10.2. The lowest BCUT2D eigenvalue weighted by Crippen LogP contribution is -2.62. The number of carbonyl (C=O) groups is 1. The van der Waals surface area contributed by atoms with Crippen LogP contribution in [0.2, 0.25) is 0 Å². The van der Waals surface area contributed by atoms with Crippen molar-refractivity contribution in [1.29, 1.82) is 0 Å². The maximum atomic E-state index is 13.5. The van der Waals surface area contributed by atoms with Crippen LogP contribution in [-0.4, -0.2) is 70.1 Å². The first-order chi connectivity index (χ1) is 17.0. The first-order valence-electron chi connectivity index (χ1n) is 12.5. The smallest absolute Gasteiger partial charge is 0.318 e. The molecule has 8 heteroatoms. The molecule has 3 aromatic rings. The number of benzene rings is 2. The number of amides is 2. The quantitative estimate of drug-likeness (QED) is 0.616. The number of anilines is 1. The number of urea groups is 1. The van der Waals surface area contributed by atoms with Gasteiger partial charge in [0.25, 0.3) is 0 Å². The molecule has 0 spiro atoms. The van der Waals surface area contributed by atoms with Crippen molar-refractivity contribution >= 4 is 22.9 Å². The lowest BCUT2D eigenvalue weighted by molar-refractivity contribution is 0.130. The monoisotopic (exact) mass is 476 g/mol. The van der Waals surface area contributed by atoms with Crippen molar-refractivity contribution in [3.8, 4) is 0 Å². The minimum absolute atomic E-state index is 0.0197. The molecule has 1 N–H and O–H groups in total. The van der Waals surface area contributed by atoms with E-state index in [-0.39, 0.29) is 30.0 Å². The number of nitrogens with zero attached hydrogens (tertiary/aromatic N) is 5. The molecule has 0 aliphatic carbocycles. The second-order valence-corrected chi connectivity index (χ2v) is 9.86. The van der Waals surface area contributed by atoms with Gasteiger partial charge in [0.05, 0.1) is 17.2 Å². The lowest BCUT2D eigenvalue weighted by atomic mass is 10.0. The van der Waals surface area contributed by atoms with Crippen LogP contribution in [0, 0.1) is 5.82 Å².